The van der Waals surface area contributed by atoms with Gasteiger partial charge in [-0.1, -0.05) is 12.2 Å². The molecule has 2 atom stereocenters. The second kappa shape index (κ2) is 6.49. The summed E-state index contributed by atoms with van der Waals surface area (Å²) in [5.41, 5.74) is 0.790. The number of ether oxygens (including phenoxy) is 3. The van der Waals surface area contributed by atoms with Gasteiger partial charge in [0.2, 0.25) is 5.75 Å². The predicted molar refractivity (Wildman–Crippen MR) is 84.5 cm³/mol. The molecule has 1 aliphatic rings. The zero-order valence-electron chi connectivity index (χ0n) is 12.8. The van der Waals surface area contributed by atoms with E-state index < -0.39 is 0 Å². The number of phenolic OH excluding ortho intramolecular Hbond substituents is 1. The first kappa shape index (κ1) is 15.9. The molecule has 0 amide bonds. The first-order chi connectivity index (χ1) is 9.96. The quantitative estimate of drug-likeness (QED) is 0.864. The minimum Gasteiger partial charge on any atom is -0.502 e. The van der Waals surface area contributed by atoms with Crippen LogP contribution in [0.5, 0.6) is 17.2 Å². The van der Waals surface area contributed by atoms with Crippen LogP contribution in [-0.2, 0) is 4.74 Å². The average molecular weight is 311 g/mol. The Bertz CT molecular complexity index is 499. The Morgan fingerprint density at radius 3 is 2.10 bits per heavy atom. The highest BCUT2D eigenvalue weighted by Crippen LogP contribution is 2.37. The summed E-state index contributed by atoms with van der Waals surface area (Å²) in [5, 5.41) is 9.96. The van der Waals surface area contributed by atoms with Crippen molar-refractivity contribution in [2.75, 3.05) is 27.3 Å². The Morgan fingerprint density at radius 1 is 1.19 bits per heavy atom. The lowest BCUT2D eigenvalue weighted by atomic mass is 10.1. The maximum Gasteiger partial charge on any atom is 0.200 e. The van der Waals surface area contributed by atoms with Crippen molar-refractivity contribution < 1.29 is 19.3 Å². The van der Waals surface area contributed by atoms with Gasteiger partial charge in [-0.25, -0.2) is 0 Å². The molecule has 1 aromatic carbocycles. The van der Waals surface area contributed by atoms with Crippen molar-refractivity contribution in [2.24, 2.45) is 0 Å². The van der Waals surface area contributed by atoms with Gasteiger partial charge in [0.25, 0.3) is 0 Å². The maximum atomic E-state index is 9.96. The van der Waals surface area contributed by atoms with Gasteiger partial charge in [0.05, 0.1) is 26.4 Å². The van der Waals surface area contributed by atoms with E-state index in [2.05, 4.69) is 4.90 Å². The van der Waals surface area contributed by atoms with E-state index in [0.29, 0.717) is 16.5 Å². The molecule has 1 saturated heterocycles. The minimum atomic E-state index is -0.0183. The van der Waals surface area contributed by atoms with Crippen LogP contribution in [0.2, 0.25) is 0 Å². The number of phenols is 1. The molecule has 1 aliphatic heterocycles. The van der Waals surface area contributed by atoms with Crippen LogP contribution in [0, 0.1) is 0 Å². The summed E-state index contributed by atoms with van der Waals surface area (Å²) in [5.74, 6) is 0.678. The molecule has 0 aromatic heterocycles. The van der Waals surface area contributed by atoms with E-state index in [4.69, 9.17) is 26.4 Å². The molecule has 0 spiro atoms. The molecule has 2 rings (SSSR count). The molecule has 0 aliphatic carbocycles. The number of hydrogen-bond acceptors (Lipinski definition) is 5. The van der Waals surface area contributed by atoms with Gasteiger partial charge in [0, 0.05) is 18.7 Å². The average Bonchev–Trinajstić information content (AvgIpc) is 2.45. The topological polar surface area (TPSA) is 51.2 Å². The van der Waals surface area contributed by atoms with E-state index in [1.807, 2.05) is 13.8 Å². The lowest BCUT2D eigenvalue weighted by Gasteiger charge is -2.37. The number of methoxy groups -OCH3 is 2. The second-order valence-corrected chi connectivity index (χ2v) is 5.58. The summed E-state index contributed by atoms with van der Waals surface area (Å²) < 4.78 is 16.1. The van der Waals surface area contributed by atoms with Crippen LogP contribution in [0.4, 0.5) is 0 Å². The van der Waals surface area contributed by atoms with Crippen molar-refractivity contribution >= 4 is 17.2 Å². The van der Waals surface area contributed by atoms with Crippen LogP contribution in [-0.4, -0.2) is 54.5 Å². The molecule has 6 heteroatoms. The summed E-state index contributed by atoms with van der Waals surface area (Å²) in [6, 6.07) is 3.45. The molecule has 1 heterocycles. The summed E-state index contributed by atoms with van der Waals surface area (Å²) in [7, 11) is 3.00. The molecular formula is C15H21NO4S. The van der Waals surface area contributed by atoms with Crippen molar-refractivity contribution in [3.63, 3.8) is 0 Å². The van der Waals surface area contributed by atoms with Crippen LogP contribution < -0.4 is 9.47 Å². The first-order valence-corrected chi connectivity index (χ1v) is 7.26. The van der Waals surface area contributed by atoms with Crippen molar-refractivity contribution in [2.45, 2.75) is 26.1 Å². The second-order valence-electron chi connectivity index (χ2n) is 5.20. The monoisotopic (exact) mass is 311 g/mol. The Morgan fingerprint density at radius 2 is 1.67 bits per heavy atom. The number of benzene rings is 1. The van der Waals surface area contributed by atoms with Gasteiger partial charge in [-0.05, 0) is 26.0 Å². The number of morpholine rings is 1. The molecule has 1 fully saturated rings. The molecule has 0 saturated carbocycles. The van der Waals surface area contributed by atoms with Gasteiger partial charge in [-0.15, -0.1) is 0 Å². The highest BCUT2D eigenvalue weighted by Gasteiger charge is 2.25. The maximum absolute atomic E-state index is 9.96. The van der Waals surface area contributed by atoms with E-state index in [0.717, 1.165) is 18.7 Å². The van der Waals surface area contributed by atoms with Gasteiger partial charge < -0.3 is 24.2 Å². The van der Waals surface area contributed by atoms with Crippen LogP contribution >= 0.6 is 12.2 Å². The molecule has 0 bridgehead atoms. The van der Waals surface area contributed by atoms with Gasteiger partial charge in [0.1, 0.15) is 4.99 Å². The van der Waals surface area contributed by atoms with Crippen LogP contribution in [0.15, 0.2) is 12.1 Å². The molecule has 0 unspecified atom stereocenters. The highest BCUT2D eigenvalue weighted by molar-refractivity contribution is 7.80. The molecule has 0 radical (unpaired) electrons. The number of nitrogens with zero attached hydrogens (tertiary/aromatic N) is 1. The van der Waals surface area contributed by atoms with E-state index >= 15 is 0 Å². The highest BCUT2D eigenvalue weighted by atomic mass is 32.1. The van der Waals surface area contributed by atoms with Gasteiger partial charge in [-0.2, -0.15) is 0 Å². The molecule has 21 heavy (non-hydrogen) atoms. The Balaban J connectivity index is 2.30. The summed E-state index contributed by atoms with van der Waals surface area (Å²) >= 11 is 5.58. The summed E-state index contributed by atoms with van der Waals surface area (Å²) in [4.78, 5) is 2.81. The zero-order valence-corrected chi connectivity index (χ0v) is 13.6. The number of hydrogen-bond donors (Lipinski definition) is 1. The molecule has 5 nitrogen and oxygen atoms in total. The fraction of sp³-hybridized carbons (Fsp3) is 0.533. The Kier molecular flexibility index (Phi) is 4.90. The zero-order chi connectivity index (χ0) is 15.6. The third-order valence-electron chi connectivity index (χ3n) is 3.43. The fourth-order valence-corrected chi connectivity index (χ4v) is 2.81. The van der Waals surface area contributed by atoms with Gasteiger partial charge in [0.15, 0.2) is 11.5 Å². The SMILES string of the molecule is COc1cc(C(=S)N2C[C@@H](C)O[C@@H](C)C2)cc(OC)c1O. The van der Waals surface area contributed by atoms with Gasteiger partial charge >= 0.3 is 0 Å². The van der Waals surface area contributed by atoms with Crippen molar-refractivity contribution in [3.8, 4) is 17.2 Å². The Labute approximate surface area is 130 Å². The normalized spacial score (nSPS) is 22.0. The van der Waals surface area contributed by atoms with Crippen LogP contribution in [0.25, 0.3) is 0 Å². The lowest BCUT2D eigenvalue weighted by molar-refractivity contribution is -0.0472. The van der Waals surface area contributed by atoms with Crippen LogP contribution in [0.3, 0.4) is 0 Å². The third kappa shape index (κ3) is 3.39. The lowest BCUT2D eigenvalue weighted by Crippen LogP contribution is -2.47. The van der Waals surface area contributed by atoms with Crippen LogP contribution in [0.1, 0.15) is 19.4 Å². The summed E-state index contributed by atoms with van der Waals surface area (Å²) in [6.45, 7) is 5.55. The van der Waals surface area contributed by atoms with E-state index in [9.17, 15) is 5.11 Å². The minimum absolute atomic E-state index is 0.0183. The number of aromatic hydroxyl groups is 1. The first-order valence-electron chi connectivity index (χ1n) is 6.86. The predicted octanol–water partition coefficient (Wildman–Crippen LogP) is 2.19. The summed E-state index contributed by atoms with van der Waals surface area (Å²) in [6.07, 6.45) is 0.264. The smallest absolute Gasteiger partial charge is 0.200 e. The van der Waals surface area contributed by atoms with Crippen molar-refractivity contribution in [1.82, 2.24) is 4.90 Å². The largest absolute Gasteiger partial charge is 0.502 e. The van der Waals surface area contributed by atoms with E-state index in [-0.39, 0.29) is 18.0 Å². The third-order valence-corrected chi connectivity index (χ3v) is 3.93. The van der Waals surface area contributed by atoms with Crippen molar-refractivity contribution in [1.29, 1.82) is 0 Å². The Hall–Kier alpha value is -1.53. The number of thiocarbonyl (C=S) groups is 1. The van der Waals surface area contributed by atoms with E-state index in [1.54, 1.807) is 12.1 Å². The number of rotatable bonds is 3. The van der Waals surface area contributed by atoms with Gasteiger partial charge in [-0.3, -0.25) is 0 Å². The molecule has 1 aromatic rings. The molecular weight excluding hydrogens is 290 g/mol. The van der Waals surface area contributed by atoms with Crippen molar-refractivity contribution in [3.05, 3.63) is 17.7 Å². The van der Waals surface area contributed by atoms with E-state index in [1.165, 1.54) is 14.2 Å². The molecule has 1 N–H and O–H groups in total. The molecule has 116 valence electrons. The fourth-order valence-electron chi connectivity index (χ4n) is 2.54. The standard InChI is InChI=1S/C15H21NO4S/c1-9-7-16(8-10(2)20-9)15(21)11-5-12(18-3)14(17)13(6-11)19-4/h5-6,9-10,17H,7-8H2,1-4H3/t9-,10+.